The third-order valence-electron chi connectivity index (χ3n) is 10.5. The molecule has 0 bridgehead atoms. The number of aromatic hydroxyl groups is 1. The average molecular weight is 645 g/mol. The maximum absolute atomic E-state index is 14.6. The summed E-state index contributed by atoms with van der Waals surface area (Å²) < 4.78 is 14.1. The number of anilines is 1. The van der Waals surface area contributed by atoms with Gasteiger partial charge in [0.25, 0.3) is 0 Å². The third kappa shape index (κ3) is 4.22. The fourth-order valence-electron chi connectivity index (χ4n) is 8.46. The minimum Gasteiger partial charge on any atom is -0.507 e. The Labute approximate surface area is 268 Å². The molecule has 2 N–H and O–H groups in total. The van der Waals surface area contributed by atoms with Gasteiger partial charge >= 0.3 is 5.97 Å². The lowest BCUT2D eigenvalue weighted by Crippen LogP contribution is -2.49. The standard InChI is InChI=1S/C35H30ClFN2O7/c1-35-24(32(44)39(34(35)46)17-8-12-26(37)25(36)15-17)16-23-21(30(35)20-11-13-27(40)19-6-3-2-5-18(19)20)9-10-22-29(23)33(45)38(31(22)43)14-4-7-28(41)42/h2-3,5-6,8-9,11-13,15,22-24,29-30,40H,4,7,10,14,16H2,1H3,(H,41,42)/t22-,23+,24-,29-,30-,35+/m0/s1. The molecule has 3 fully saturated rings. The molecule has 9 nitrogen and oxygen atoms in total. The first kappa shape index (κ1) is 30.1. The van der Waals surface area contributed by atoms with Crippen LogP contribution in [0.15, 0.2) is 66.2 Å². The molecule has 2 aliphatic carbocycles. The predicted octanol–water partition coefficient (Wildman–Crippen LogP) is 5.43. The number of aliphatic carboxylic acids is 1. The molecule has 236 valence electrons. The molecule has 0 unspecified atom stereocenters. The first-order valence-corrected chi connectivity index (χ1v) is 15.6. The molecular formula is C35H30ClFN2O7. The lowest BCUT2D eigenvalue weighted by atomic mass is 9.51. The van der Waals surface area contributed by atoms with Gasteiger partial charge in [0, 0.05) is 24.3 Å². The van der Waals surface area contributed by atoms with E-state index < -0.39 is 64.5 Å². The van der Waals surface area contributed by atoms with Crippen molar-refractivity contribution in [2.75, 3.05) is 11.4 Å². The number of carboxylic acids is 1. The number of carboxylic acid groups (broad SMARTS) is 1. The zero-order valence-electron chi connectivity index (χ0n) is 24.8. The van der Waals surface area contributed by atoms with Gasteiger partial charge in [-0.1, -0.05) is 53.6 Å². The van der Waals surface area contributed by atoms with Crippen molar-refractivity contribution >= 4 is 57.7 Å². The normalized spacial score (nSPS) is 28.8. The Hall–Kier alpha value is -4.57. The van der Waals surface area contributed by atoms with Crippen LogP contribution in [0.1, 0.15) is 44.1 Å². The molecule has 6 atom stereocenters. The van der Waals surface area contributed by atoms with Gasteiger partial charge in [0.1, 0.15) is 11.6 Å². The second-order valence-electron chi connectivity index (χ2n) is 12.8. The van der Waals surface area contributed by atoms with E-state index in [0.29, 0.717) is 16.3 Å². The largest absolute Gasteiger partial charge is 0.507 e. The van der Waals surface area contributed by atoms with E-state index >= 15 is 0 Å². The zero-order valence-corrected chi connectivity index (χ0v) is 25.5. The predicted molar refractivity (Wildman–Crippen MR) is 165 cm³/mol. The lowest BCUT2D eigenvalue weighted by molar-refractivity contribution is -0.142. The number of halogens is 2. The van der Waals surface area contributed by atoms with Crippen molar-refractivity contribution in [2.24, 2.45) is 29.1 Å². The Bertz CT molecular complexity index is 1910. The number of rotatable bonds is 6. The lowest BCUT2D eigenvalue weighted by Gasteiger charge is -2.49. The second kappa shape index (κ2) is 10.8. The molecule has 2 aliphatic heterocycles. The van der Waals surface area contributed by atoms with E-state index in [2.05, 4.69) is 0 Å². The molecule has 1 saturated carbocycles. The van der Waals surface area contributed by atoms with Gasteiger partial charge in [-0.25, -0.2) is 9.29 Å². The van der Waals surface area contributed by atoms with Crippen LogP contribution in [0, 0.1) is 34.9 Å². The van der Waals surface area contributed by atoms with Crippen molar-refractivity contribution in [3.63, 3.8) is 0 Å². The number of hydrogen-bond acceptors (Lipinski definition) is 6. The van der Waals surface area contributed by atoms with Gasteiger partial charge in [0.2, 0.25) is 23.6 Å². The SMILES string of the molecule is C[C@@]12C(=O)N(c3ccc(F)c(Cl)c3)C(=O)[C@@H]1C[C@@H]1C(=CC[C@@H]3C(=O)N(CCCC(=O)O)C(=O)[C@@H]31)[C@@H]2c1ccc(O)c2ccccc12. The number of carbonyl (C=O) groups excluding carboxylic acids is 4. The zero-order chi connectivity index (χ0) is 32.7. The van der Waals surface area contributed by atoms with Gasteiger partial charge in [-0.3, -0.25) is 28.9 Å². The summed E-state index contributed by atoms with van der Waals surface area (Å²) in [6, 6.07) is 14.2. The molecule has 0 spiro atoms. The Kier molecular flexibility index (Phi) is 7.04. The van der Waals surface area contributed by atoms with Gasteiger partial charge in [0.15, 0.2) is 0 Å². The summed E-state index contributed by atoms with van der Waals surface area (Å²) in [6.07, 6.45) is 2.26. The van der Waals surface area contributed by atoms with Gasteiger partial charge in [-0.05, 0) is 67.3 Å². The van der Waals surface area contributed by atoms with Crippen molar-refractivity contribution in [1.82, 2.24) is 4.90 Å². The maximum atomic E-state index is 14.6. The van der Waals surface area contributed by atoms with Crippen molar-refractivity contribution in [2.45, 2.75) is 38.5 Å². The number of fused-ring (bicyclic) bond motifs is 5. The quantitative estimate of drug-likeness (QED) is 0.270. The van der Waals surface area contributed by atoms with E-state index in [0.717, 1.165) is 21.4 Å². The Balaban J connectivity index is 1.38. The van der Waals surface area contributed by atoms with E-state index in [9.17, 15) is 33.5 Å². The van der Waals surface area contributed by atoms with Crippen LogP contribution in [-0.4, -0.2) is 51.3 Å². The van der Waals surface area contributed by atoms with E-state index in [-0.39, 0.29) is 54.6 Å². The molecule has 0 radical (unpaired) electrons. The summed E-state index contributed by atoms with van der Waals surface area (Å²) >= 11 is 6.07. The van der Waals surface area contributed by atoms with Crippen LogP contribution < -0.4 is 4.90 Å². The minimum atomic E-state index is -1.33. The number of carbonyl (C=O) groups is 5. The fraction of sp³-hybridized carbons (Fsp3) is 0.343. The summed E-state index contributed by atoms with van der Waals surface area (Å²) in [5.41, 5.74) is 0.285. The van der Waals surface area contributed by atoms with Gasteiger partial charge < -0.3 is 10.2 Å². The van der Waals surface area contributed by atoms with Gasteiger partial charge in [-0.15, -0.1) is 0 Å². The highest BCUT2D eigenvalue weighted by Crippen LogP contribution is 2.64. The molecule has 2 heterocycles. The fourth-order valence-corrected chi connectivity index (χ4v) is 8.64. The number of allylic oxidation sites excluding steroid dienone is 2. The van der Waals surface area contributed by atoms with E-state index in [1.165, 1.54) is 12.1 Å². The number of phenols is 1. The number of imide groups is 2. The topological polar surface area (TPSA) is 132 Å². The summed E-state index contributed by atoms with van der Waals surface area (Å²) in [6.45, 7) is 1.74. The van der Waals surface area contributed by atoms with Crippen molar-refractivity contribution < 1.29 is 38.6 Å². The van der Waals surface area contributed by atoms with Gasteiger partial charge in [-0.2, -0.15) is 0 Å². The van der Waals surface area contributed by atoms with Crippen LogP contribution in [0.5, 0.6) is 5.75 Å². The molecule has 3 aromatic rings. The highest BCUT2D eigenvalue weighted by molar-refractivity contribution is 6.31. The molecule has 3 aromatic carbocycles. The summed E-state index contributed by atoms with van der Waals surface area (Å²) in [4.78, 5) is 69.7. The van der Waals surface area contributed by atoms with Crippen LogP contribution >= 0.6 is 11.6 Å². The van der Waals surface area contributed by atoms with Crippen LogP contribution in [0.25, 0.3) is 10.8 Å². The molecule has 7 rings (SSSR count). The number of phenolic OH excluding ortho intramolecular Hbond substituents is 1. The molecule has 11 heteroatoms. The Morgan fingerprint density at radius 1 is 1.00 bits per heavy atom. The summed E-state index contributed by atoms with van der Waals surface area (Å²) in [5, 5.41) is 20.8. The van der Waals surface area contributed by atoms with E-state index in [1.54, 1.807) is 31.2 Å². The third-order valence-corrected chi connectivity index (χ3v) is 10.8. The summed E-state index contributed by atoms with van der Waals surface area (Å²) in [5.74, 6) is -6.99. The smallest absolute Gasteiger partial charge is 0.303 e. The van der Waals surface area contributed by atoms with Crippen molar-refractivity contribution in [3.05, 3.63) is 82.6 Å². The Morgan fingerprint density at radius 3 is 2.46 bits per heavy atom. The first-order chi connectivity index (χ1) is 21.9. The molecule has 2 saturated heterocycles. The first-order valence-electron chi connectivity index (χ1n) is 15.3. The summed E-state index contributed by atoms with van der Waals surface area (Å²) in [7, 11) is 0. The molecule has 4 aliphatic rings. The number of likely N-dealkylation sites (tertiary alicyclic amines) is 1. The molecule has 46 heavy (non-hydrogen) atoms. The highest BCUT2D eigenvalue weighted by atomic mass is 35.5. The van der Waals surface area contributed by atoms with E-state index in [1.807, 2.05) is 18.2 Å². The van der Waals surface area contributed by atoms with Gasteiger partial charge in [0.05, 0.1) is 33.9 Å². The number of amides is 4. The van der Waals surface area contributed by atoms with Crippen LogP contribution in [0.4, 0.5) is 10.1 Å². The van der Waals surface area contributed by atoms with Crippen molar-refractivity contribution in [3.8, 4) is 5.75 Å². The molecule has 0 aromatic heterocycles. The number of hydrogen-bond donors (Lipinski definition) is 2. The minimum absolute atomic E-state index is 0.0112. The molecule has 4 amide bonds. The van der Waals surface area contributed by atoms with Crippen LogP contribution in [-0.2, 0) is 24.0 Å². The van der Waals surface area contributed by atoms with E-state index in [4.69, 9.17) is 16.7 Å². The number of nitrogens with zero attached hydrogens (tertiary/aromatic N) is 2. The number of benzene rings is 3. The average Bonchev–Trinajstić information content (AvgIpc) is 3.38. The van der Waals surface area contributed by atoms with Crippen LogP contribution in [0.3, 0.4) is 0 Å². The van der Waals surface area contributed by atoms with Crippen LogP contribution in [0.2, 0.25) is 5.02 Å². The van der Waals surface area contributed by atoms with Crippen molar-refractivity contribution in [1.29, 1.82) is 0 Å². The maximum Gasteiger partial charge on any atom is 0.303 e. The molecular weight excluding hydrogens is 615 g/mol. The highest BCUT2D eigenvalue weighted by Gasteiger charge is 2.67. The Morgan fingerprint density at radius 2 is 1.74 bits per heavy atom. The second-order valence-corrected chi connectivity index (χ2v) is 13.2. The monoisotopic (exact) mass is 644 g/mol.